The summed E-state index contributed by atoms with van der Waals surface area (Å²) in [4.78, 5) is 30.4. The predicted octanol–water partition coefficient (Wildman–Crippen LogP) is 5.54. The summed E-state index contributed by atoms with van der Waals surface area (Å²) in [5, 5.41) is 27.0. The SMILES string of the molecule is COc1ccccc1C(O)(c1ccccc1OC)C(C)N(C(=O)C1(C(N)=O)CCCC1)C(C)C(O)(c1ccccc1OC)c1ccccc1OC. The van der Waals surface area contributed by atoms with Gasteiger partial charge in [0, 0.05) is 22.3 Å². The van der Waals surface area contributed by atoms with Crippen LogP contribution < -0.4 is 24.7 Å². The molecule has 0 saturated heterocycles. The fraction of sp³-hybridized carbons (Fsp3) is 0.366. The normalized spacial score (nSPS) is 15.4. The number of amides is 2. The van der Waals surface area contributed by atoms with Gasteiger partial charge in [0.2, 0.25) is 11.8 Å². The highest BCUT2D eigenvalue weighted by molar-refractivity contribution is 6.05. The number of aliphatic hydroxyl groups is 2. The van der Waals surface area contributed by atoms with E-state index < -0.39 is 40.5 Å². The molecular formula is C41H48N2O8. The van der Waals surface area contributed by atoms with Crippen LogP contribution >= 0.6 is 0 Å². The van der Waals surface area contributed by atoms with E-state index in [4.69, 9.17) is 24.7 Å². The Bertz CT molecular complexity index is 1650. The second-order valence-corrected chi connectivity index (χ2v) is 13.1. The lowest BCUT2D eigenvalue weighted by molar-refractivity contribution is -0.164. The number of carbonyl (C=O) groups is 2. The van der Waals surface area contributed by atoms with Gasteiger partial charge in [-0.1, -0.05) is 85.6 Å². The van der Waals surface area contributed by atoms with Gasteiger partial charge in [0.1, 0.15) is 39.6 Å². The van der Waals surface area contributed by atoms with Crippen molar-refractivity contribution < 1.29 is 38.7 Å². The Kier molecular flexibility index (Phi) is 11.0. The lowest BCUT2D eigenvalue weighted by Crippen LogP contribution is -2.64. The average Bonchev–Trinajstić information content (AvgIpc) is 3.69. The Morgan fingerprint density at radius 3 is 1.14 bits per heavy atom. The van der Waals surface area contributed by atoms with E-state index in [2.05, 4.69) is 0 Å². The zero-order chi connectivity index (χ0) is 37.0. The van der Waals surface area contributed by atoms with Crippen molar-refractivity contribution in [1.29, 1.82) is 0 Å². The first-order valence-electron chi connectivity index (χ1n) is 17.1. The van der Waals surface area contributed by atoms with Crippen molar-refractivity contribution in [2.24, 2.45) is 11.1 Å². The Labute approximate surface area is 299 Å². The van der Waals surface area contributed by atoms with Crippen LogP contribution in [0.25, 0.3) is 0 Å². The van der Waals surface area contributed by atoms with E-state index in [1.165, 1.54) is 33.3 Å². The third kappa shape index (κ3) is 6.16. The topological polar surface area (TPSA) is 141 Å². The number of para-hydroxylation sites is 4. The number of carbonyl (C=O) groups excluding carboxylic acids is 2. The summed E-state index contributed by atoms with van der Waals surface area (Å²) in [6.45, 7) is 3.39. The Hall–Kier alpha value is -5.06. The van der Waals surface area contributed by atoms with Gasteiger partial charge in [0.05, 0.1) is 40.5 Å². The van der Waals surface area contributed by atoms with E-state index >= 15 is 4.79 Å². The monoisotopic (exact) mass is 696 g/mol. The van der Waals surface area contributed by atoms with Crippen LogP contribution in [0.1, 0.15) is 61.8 Å². The quantitative estimate of drug-likeness (QED) is 0.146. The fourth-order valence-electron chi connectivity index (χ4n) is 7.91. The Balaban J connectivity index is 1.89. The molecule has 51 heavy (non-hydrogen) atoms. The zero-order valence-electron chi connectivity index (χ0n) is 30.1. The van der Waals surface area contributed by atoms with Crippen LogP contribution in [0.3, 0.4) is 0 Å². The number of methoxy groups -OCH3 is 4. The molecule has 2 amide bonds. The minimum Gasteiger partial charge on any atom is -0.496 e. The first-order chi connectivity index (χ1) is 24.5. The summed E-state index contributed by atoms with van der Waals surface area (Å²) >= 11 is 0. The van der Waals surface area contributed by atoms with Crippen LogP contribution in [-0.4, -0.2) is 67.5 Å². The summed E-state index contributed by atoms with van der Waals surface area (Å²) in [7, 11) is 6.00. The summed E-state index contributed by atoms with van der Waals surface area (Å²) < 4.78 is 23.2. The van der Waals surface area contributed by atoms with Gasteiger partial charge in [-0.05, 0) is 51.0 Å². The van der Waals surface area contributed by atoms with Gasteiger partial charge in [0.25, 0.3) is 0 Å². The summed E-state index contributed by atoms with van der Waals surface area (Å²) in [5.74, 6) is 0.0478. The second kappa shape index (κ2) is 15.0. The van der Waals surface area contributed by atoms with Crippen molar-refractivity contribution in [3.8, 4) is 23.0 Å². The van der Waals surface area contributed by atoms with E-state index in [0.29, 0.717) is 58.1 Å². The van der Waals surface area contributed by atoms with Crippen molar-refractivity contribution >= 4 is 11.8 Å². The molecule has 1 aliphatic rings. The first-order valence-corrected chi connectivity index (χ1v) is 17.1. The molecule has 1 aliphatic carbocycles. The Morgan fingerprint density at radius 1 is 0.608 bits per heavy atom. The minimum atomic E-state index is -2.04. The summed E-state index contributed by atoms with van der Waals surface area (Å²) in [6.07, 6.45) is 1.66. The predicted molar refractivity (Wildman–Crippen MR) is 194 cm³/mol. The number of ether oxygens (including phenoxy) is 4. The maximum atomic E-state index is 15.5. The number of rotatable bonds is 14. The van der Waals surface area contributed by atoms with Crippen LogP contribution in [0.5, 0.6) is 23.0 Å². The molecule has 4 aromatic rings. The van der Waals surface area contributed by atoms with Gasteiger partial charge in [-0.2, -0.15) is 0 Å². The van der Waals surface area contributed by atoms with Gasteiger partial charge in [-0.3, -0.25) is 9.59 Å². The molecule has 10 nitrogen and oxygen atoms in total. The van der Waals surface area contributed by atoms with Crippen LogP contribution in [0.15, 0.2) is 97.1 Å². The van der Waals surface area contributed by atoms with Crippen LogP contribution in [0, 0.1) is 5.41 Å². The van der Waals surface area contributed by atoms with E-state index in [1.54, 1.807) is 111 Å². The molecule has 5 rings (SSSR count). The van der Waals surface area contributed by atoms with E-state index in [1.807, 2.05) is 0 Å². The number of nitrogens with zero attached hydrogens (tertiary/aromatic N) is 1. The number of nitrogens with two attached hydrogens (primary N) is 1. The lowest BCUT2D eigenvalue weighted by Gasteiger charge is -2.51. The molecular weight excluding hydrogens is 648 g/mol. The summed E-state index contributed by atoms with van der Waals surface area (Å²) in [5.41, 5.74) is 1.82. The van der Waals surface area contributed by atoms with Crippen molar-refractivity contribution in [2.75, 3.05) is 28.4 Å². The Morgan fingerprint density at radius 2 is 0.882 bits per heavy atom. The number of primary amides is 1. The highest BCUT2D eigenvalue weighted by atomic mass is 16.5. The molecule has 0 heterocycles. The van der Waals surface area contributed by atoms with Crippen molar-refractivity contribution in [3.63, 3.8) is 0 Å². The molecule has 2 atom stereocenters. The third-order valence-electron chi connectivity index (χ3n) is 10.7. The molecule has 0 aromatic heterocycles. The smallest absolute Gasteiger partial charge is 0.238 e. The molecule has 1 saturated carbocycles. The van der Waals surface area contributed by atoms with E-state index in [9.17, 15) is 15.0 Å². The third-order valence-corrected chi connectivity index (χ3v) is 10.7. The van der Waals surface area contributed by atoms with Gasteiger partial charge >= 0.3 is 0 Å². The van der Waals surface area contributed by atoms with Gasteiger partial charge in [-0.15, -0.1) is 0 Å². The van der Waals surface area contributed by atoms with E-state index in [-0.39, 0.29) is 12.8 Å². The van der Waals surface area contributed by atoms with Gasteiger partial charge < -0.3 is 39.8 Å². The standard InChI is InChI=1S/C41H48N2O8/c1-27(40(46,29-17-7-11-21-33(29)48-3)30-18-8-12-22-34(30)49-4)43(38(45)39(37(42)44)25-15-16-26-39)28(2)41(47,31-19-9-13-23-35(31)50-5)32-20-10-14-24-36(32)51-6/h7-14,17-24,27-28,46-47H,15-16,25-26H2,1-6H3,(H2,42,44). The molecule has 0 aliphatic heterocycles. The van der Waals surface area contributed by atoms with Crippen LogP contribution in [-0.2, 0) is 20.8 Å². The molecule has 0 radical (unpaired) electrons. The van der Waals surface area contributed by atoms with Crippen LogP contribution in [0.4, 0.5) is 0 Å². The minimum absolute atomic E-state index is 0.223. The van der Waals surface area contributed by atoms with Crippen molar-refractivity contribution in [2.45, 2.75) is 62.8 Å². The molecule has 0 bridgehead atoms. The maximum absolute atomic E-state index is 15.5. The van der Waals surface area contributed by atoms with Crippen LogP contribution in [0.2, 0.25) is 0 Å². The highest BCUT2D eigenvalue weighted by Gasteiger charge is 2.58. The molecule has 4 aromatic carbocycles. The summed E-state index contributed by atoms with van der Waals surface area (Å²) in [6, 6.07) is 25.6. The average molecular weight is 697 g/mol. The largest absolute Gasteiger partial charge is 0.496 e. The molecule has 270 valence electrons. The molecule has 0 spiro atoms. The number of benzene rings is 4. The van der Waals surface area contributed by atoms with Gasteiger partial charge in [0.15, 0.2) is 0 Å². The number of hydrogen-bond donors (Lipinski definition) is 3. The first kappa shape index (κ1) is 37.2. The fourth-order valence-corrected chi connectivity index (χ4v) is 7.91. The maximum Gasteiger partial charge on any atom is 0.238 e. The van der Waals surface area contributed by atoms with Gasteiger partial charge in [-0.25, -0.2) is 0 Å². The van der Waals surface area contributed by atoms with Crippen molar-refractivity contribution in [3.05, 3.63) is 119 Å². The molecule has 4 N–H and O–H groups in total. The lowest BCUT2D eigenvalue weighted by atomic mass is 9.73. The highest BCUT2D eigenvalue weighted by Crippen LogP contribution is 2.51. The second-order valence-electron chi connectivity index (χ2n) is 13.1. The molecule has 2 unspecified atom stereocenters. The zero-order valence-corrected chi connectivity index (χ0v) is 30.1. The molecule has 1 fully saturated rings. The van der Waals surface area contributed by atoms with Crippen molar-refractivity contribution in [1.82, 2.24) is 4.90 Å². The molecule has 10 heteroatoms. The van der Waals surface area contributed by atoms with E-state index in [0.717, 1.165) is 0 Å². The number of hydrogen-bond acceptors (Lipinski definition) is 8.